The number of carbonyl (C=O) groups excluding carboxylic acids is 4. The summed E-state index contributed by atoms with van der Waals surface area (Å²) in [6, 6.07) is 35.4. The van der Waals surface area contributed by atoms with Gasteiger partial charge in [0.15, 0.2) is 23.9 Å². The van der Waals surface area contributed by atoms with E-state index in [-0.39, 0.29) is 16.8 Å². The molecule has 0 aromatic heterocycles. The van der Waals surface area contributed by atoms with Gasteiger partial charge in [-0.3, -0.25) is 19.2 Å². The molecule has 259 valence electrons. The van der Waals surface area contributed by atoms with Gasteiger partial charge in [-0.1, -0.05) is 121 Å². The van der Waals surface area contributed by atoms with Crippen molar-refractivity contribution >= 4 is 23.9 Å². The van der Waals surface area contributed by atoms with E-state index in [2.05, 4.69) is 21.3 Å². The maximum Gasteiger partial charge on any atom is 2.00 e. The third-order valence-electron chi connectivity index (χ3n) is 7.28. The number of imide groups is 2. The van der Waals surface area contributed by atoms with Gasteiger partial charge >= 0.3 is 16.8 Å². The zero-order valence-corrected chi connectivity index (χ0v) is 28.0. The molecule has 2 aliphatic heterocycles. The third kappa shape index (κ3) is 10.1. The van der Waals surface area contributed by atoms with Gasteiger partial charge in [-0.2, -0.15) is 0 Å². The number of nitrogens with zero attached hydrogens (tertiary/aromatic N) is 2. The van der Waals surface area contributed by atoms with Crippen molar-refractivity contribution in [3.8, 4) is 0 Å². The average molecular weight is 710 g/mol. The molecule has 6 rings (SSSR count). The summed E-state index contributed by atoms with van der Waals surface area (Å²) in [4.78, 5) is 47.5. The summed E-state index contributed by atoms with van der Waals surface area (Å²) in [6.45, 7) is 2.88. The van der Waals surface area contributed by atoms with Gasteiger partial charge in [0.05, 0.1) is 11.1 Å². The van der Waals surface area contributed by atoms with Gasteiger partial charge in [0.1, 0.15) is 0 Å². The van der Waals surface area contributed by atoms with Gasteiger partial charge in [0.25, 0.3) is 0 Å². The Kier molecular flexibility index (Phi) is 16.8. The van der Waals surface area contributed by atoms with Crippen LogP contribution in [0.5, 0.6) is 0 Å². The van der Waals surface area contributed by atoms with Crippen molar-refractivity contribution in [2.75, 3.05) is 26.2 Å². The fourth-order valence-corrected chi connectivity index (χ4v) is 4.94. The first kappa shape index (κ1) is 40.3. The van der Waals surface area contributed by atoms with Gasteiger partial charge in [-0.15, -0.1) is 0 Å². The third-order valence-corrected chi connectivity index (χ3v) is 7.28. The molecule has 12 nitrogen and oxygen atoms in total. The number of amides is 6. The summed E-state index contributed by atoms with van der Waals surface area (Å²) in [5.41, 5.74) is 20.7. The molecule has 0 bridgehead atoms. The molecule has 2 saturated heterocycles. The molecular weight excluding hydrogens is 667 g/mol. The molecule has 2 heterocycles. The number of nitrogens with two attached hydrogens (primary N) is 4. The van der Waals surface area contributed by atoms with E-state index >= 15 is 0 Å². The maximum atomic E-state index is 12.3. The molecule has 10 N–H and O–H groups in total. The standard InChI is InChI=1S/2C15H12N2O2.2C3H10N2.Co/c2*18-13-15(17-14(19)16-13,11-7-3-1-4-8-11)12-9-5-2-6-10-12;2*4-2-1-3-5;/h2*1-10H,(H2,16,17,18,19);2*1-5H2;/q;;;;+2/p-2. The molecular formula is C36H42CoN8O4. The molecule has 49 heavy (non-hydrogen) atoms. The normalized spacial score (nSPS) is 14.8. The van der Waals surface area contributed by atoms with Gasteiger partial charge in [0.2, 0.25) is 0 Å². The zero-order chi connectivity index (χ0) is 34.8. The predicted octanol–water partition coefficient (Wildman–Crippen LogP) is 3.69. The largest absolute Gasteiger partial charge is 2.00 e. The van der Waals surface area contributed by atoms with Crippen molar-refractivity contribution in [3.63, 3.8) is 0 Å². The summed E-state index contributed by atoms with van der Waals surface area (Å²) in [5.74, 6) is -0.954. The monoisotopic (exact) mass is 709 g/mol. The van der Waals surface area contributed by atoms with Crippen LogP contribution >= 0.6 is 0 Å². The van der Waals surface area contributed by atoms with Crippen LogP contribution in [0.25, 0.3) is 10.6 Å². The zero-order valence-electron chi connectivity index (χ0n) is 27.0. The summed E-state index contributed by atoms with van der Waals surface area (Å²) >= 11 is 0. The molecule has 0 aliphatic carbocycles. The van der Waals surface area contributed by atoms with Gasteiger partial charge in [-0.25, -0.2) is 0 Å². The summed E-state index contributed by atoms with van der Waals surface area (Å²) in [7, 11) is 0. The predicted molar refractivity (Wildman–Crippen MR) is 187 cm³/mol. The minimum atomic E-state index is -1.19. The number of benzene rings is 4. The molecule has 2 fully saturated rings. The average Bonchev–Trinajstić information content (AvgIpc) is 3.61. The second-order valence-electron chi connectivity index (χ2n) is 10.5. The number of nitrogens with one attached hydrogen (secondary N) is 2. The fourth-order valence-electron chi connectivity index (χ4n) is 4.94. The first-order valence-corrected chi connectivity index (χ1v) is 15.5. The van der Waals surface area contributed by atoms with Crippen molar-refractivity contribution < 1.29 is 36.0 Å². The molecule has 0 unspecified atom stereocenters. The Bertz CT molecular complexity index is 1390. The number of hydrogen-bond donors (Lipinski definition) is 6. The minimum absolute atomic E-state index is 0. The topological polar surface area (TPSA) is 225 Å². The van der Waals surface area contributed by atoms with Crippen molar-refractivity contribution in [3.05, 3.63) is 154 Å². The molecule has 4 aromatic rings. The van der Waals surface area contributed by atoms with Crippen LogP contribution in [-0.2, 0) is 37.4 Å². The first-order valence-electron chi connectivity index (χ1n) is 15.5. The Balaban J connectivity index is 0.000000264. The Morgan fingerprint density at radius 1 is 0.429 bits per heavy atom. The SMILES string of the molecule is NCCCN.NCCCN.O=C1[N-]C(=O)C(c2ccccc2)(c2ccccc2)N1.O=C1[N-]C(=O)C(c2ccccc2)(c2ccccc2)N1.[Co+2]. The molecule has 4 aromatic carbocycles. The van der Waals surface area contributed by atoms with E-state index in [0.29, 0.717) is 22.3 Å². The van der Waals surface area contributed by atoms with Crippen LogP contribution in [0, 0.1) is 0 Å². The number of hydrogen-bond acceptors (Lipinski definition) is 8. The quantitative estimate of drug-likeness (QED) is 0.148. The second kappa shape index (κ2) is 20.5. The van der Waals surface area contributed by atoms with Gasteiger partial charge in [-0.05, 0) is 61.3 Å². The maximum absolute atomic E-state index is 12.3. The van der Waals surface area contributed by atoms with E-state index in [1.54, 1.807) is 0 Å². The smallest absolute Gasteiger partial charge is 0.430 e. The van der Waals surface area contributed by atoms with Crippen molar-refractivity contribution in [2.45, 2.75) is 23.9 Å². The second-order valence-corrected chi connectivity index (χ2v) is 10.5. The van der Waals surface area contributed by atoms with E-state index in [1.807, 2.05) is 121 Å². The molecule has 0 atom stereocenters. The van der Waals surface area contributed by atoms with Gasteiger partial charge < -0.3 is 44.2 Å². The molecule has 1 radical (unpaired) electrons. The van der Waals surface area contributed by atoms with E-state index < -0.39 is 35.0 Å². The van der Waals surface area contributed by atoms with E-state index in [9.17, 15) is 19.2 Å². The number of rotatable bonds is 8. The van der Waals surface area contributed by atoms with Crippen LogP contribution in [0.1, 0.15) is 35.1 Å². The molecule has 0 spiro atoms. The Morgan fingerprint density at radius 3 is 0.796 bits per heavy atom. The van der Waals surface area contributed by atoms with Crippen LogP contribution in [0.15, 0.2) is 121 Å². The van der Waals surface area contributed by atoms with Crippen molar-refractivity contribution in [2.24, 2.45) is 22.9 Å². The minimum Gasteiger partial charge on any atom is -0.430 e. The van der Waals surface area contributed by atoms with Crippen LogP contribution in [0.2, 0.25) is 0 Å². The number of carbonyl (C=O) groups is 4. The molecule has 13 heteroatoms. The Hall–Kier alpha value is -4.89. The Labute approximate surface area is 297 Å². The van der Waals surface area contributed by atoms with Crippen LogP contribution in [-0.4, -0.2) is 50.1 Å². The van der Waals surface area contributed by atoms with Crippen LogP contribution < -0.4 is 33.6 Å². The molecule has 0 saturated carbocycles. The molecule has 6 amide bonds. The fraction of sp³-hybridized carbons (Fsp3) is 0.222. The first-order chi connectivity index (χ1) is 23.3. The summed E-state index contributed by atoms with van der Waals surface area (Å²) in [6.07, 6.45) is 1.89. The van der Waals surface area contributed by atoms with Crippen LogP contribution in [0.4, 0.5) is 9.59 Å². The van der Waals surface area contributed by atoms with Crippen molar-refractivity contribution in [1.29, 1.82) is 0 Å². The Morgan fingerprint density at radius 2 is 0.653 bits per heavy atom. The number of urea groups is 2. The molecule has 2 aliphatic rings. The summed E-state index contributed by atoms with van der Waals surface area (Å²) in [5, 5.41) is 12.4. The van der Waals surface area contributed by atoms with E-state index in [4.69, 9.17) is 22.9 Å². The van der Waals surface area contributed by atoms with Gasteiger partial charge in [0, 0.05) is 0 Å². The van der Waals surface area contributed by atoms with E-state index in [0.717, 1.165) is 39.0 Å². The summed E-state index contributed by atoms with van der Waals surface area (Å²) < 4.78 is 0. The van der Waals surface area contributed by atoms with E-state index in [1.165, 1.54) is 0 Å². The van der Waals surface area contributed by atoms with Crippen molar-refractivity contribution in [1.82, 2.24) is 10.6 Å². The van der Waals surface area contributed by atoms with Crippen LogP contribution in [0.3, 0.4) is 0 Å².